The van der Waals surface area contributed by atoms with Gasteiger partial charge in [0.05, 0.1) is 30.2 Å². The largest absolute Gasteiger partial charge is 0.385 e. The van der Waals surface area contributed by atoms with E-state index in [1.54, 1.807) is 42.5 Å². The Morgan fingerprint density at radius 2 is 1.68 bits per heavy atom. The van der Waals surface area contributed by atoms with Gasteiger partial charge in [0.1, 0.15) is 12.6 Å². The van der Waals surface area contributed by atoms with E-state index < -0.39 is 16.1 Å². The van der Waals surface area contributed by atoms with Crippen LogP contribution in [0.3, 0.4) is 0 Å². The van der Waals surface area contributed by atoms with Gasteiger partial charge >= 0.3 is 0 Å². The molecule has 0 unspecified atom stereocenters. The number of nitrogens with one attached hydrogen (secondary N) is 1. The molecule has 0 radical (unpaired) electrons. The van der Waals surface area contributed by atoms with Gasteiger partial charge < -0.3 is 10.0 Å². The molecule has 28 heavy (non-hydrogen) atoms. The summed E-state index contributed by atoms with van der Waals surface area (Å²) in [6.45, 7) is 6.93. The summed E-state index contributed by atoms with van der Waals surface area (Å²) in [5.41, 5.74) is 1.64. The predicted molar refractivity (Wildman–Crippen MR) is 112 cm³/mol. The molecule has 3 rings (SSSR count). The second-order valence-corrected chi connectivity index (χ2v) is 9.84. The lowest BCUT2D eigenvalue weighted by Crippen LogP contribution is -3.14. The Bertz CT molecular complexity index is 845. The molecule has 0 amide bonds. The SMILES string of the molecule is Cc1ccc(N(C[C@@H](O)C[NH+]2CCC(C)CC2)S(=O)(=O)c2ccccc2)cc1. The lowest BCUT2D eigenvalue weighted by molar-refractivity contribution is -0.909. The number of rotatable bonds is 7. The Kier molecular flexibility index (Phi) is 6.75. The smallest absolute Gasteiger partial charge is 0.264 e. The van der Waals surface area contributed by atoms with E-state index in [0.29, 0.717) is 12.2 Å². The maximum Gasteiger partial charge on any atom is 0.264 e. The first-order chi connectivity index (χ1) is 13.4. The van der Waals surface area contributed by atoms with Gasteiger partial charge in [-0.1, -0.05) is 42.8 Å². The van der Waals surface area contributed by atoms with Crippen LogP contribution in [0.4, 0.5) is 5.69 Å². The highest BCUT2D eigenvalue weighted by Crippen LogP contribution is 2.24. The summed E-state index contributed by atoms with van der Waals surface area (Å²) in [6, 6.07) is 15.8. The van der Waals surface area contributed by atoms with Crippen LogP contribution >= 0.6 is 0 Å². The summed E-state index contributed by atoms with van der Waals surface area (Å²) in [5, 5.41) is 10.7. The van der Waals surface area contributed by atoms with E-state index in [9.17, 15) is 13.5 Å². The van der Waals surface area contributed by atoms with Gasteiger partial charge in [0.15, 0.2) is 0 Å². The van der Waals surface area contributed by atoms with Gasteiger partial charge in [-0.3, -0.25) is 4.31 Å². The van der Waals surface area contributed by atoms with Gasteiger partial charge in [-0.25, -0.2) is 8.42 Å². The first kappa shape index (κ1) is 20.8. The maximum absolute atomic E-state index is 13.3. The molecule has 6 heteroatoms. The molecule has 1 atom stereocenters. The molecular formula is C22H31N2O3S+. The summed E-state index contributed by atoms with van der Waals surface area (Å²) in [7, 11) is -3.75. The second kappa shape index (κ2) is 9.07. The fourth-order valence-electron chi connectivity index (χ4n) is 3.74. The van der Waals surface area contributed by atoms with Crippen LogP contribution in [0.5, 0.6) is 0 Å². The number of benzene rings is 2. The number of nitrogens with zero attached hydrogens (tertiary/aromatic N) is 1. The van der Waals surface area contributed by atoms with Gasteiger partial charge in [0.2, 0.25) is 0 Å². The molecule has 1 aliphatic heterocycles. The third-order valence-electron chi connectivity index (χ3n) is 5.54. The minimum atomic E-state index is -3.75. The lowest BCUT2D eigenvalue weighted by atomic mass is 9.99. The number of piperidine rings is 1. The molecule has 0 saturated carbocycles. The first-order valence-electron chi connectivity index (χ1n) is 10.0. The fraction of sp³-hybridized carbons (Fsp3) is 0.455. The van der Waals surface area contributed by atoms with Crippen LogP contribution < -0.4 is 9.21 Å². The summed E-state index contributed by atoms with van der Waals surface area (Å²) in [6.07, 6.45) is 1.60. The average Bonchev–Trinajstić information content (AvgIpc) is 2.69. The van der Waals surface area contributed by atoms with Crippen LogP contribution in [0.2, 0.25) is 0 Å². The molecule has 0 aromatic heterocycles. The molecule has 2 aromatic rings. The normalized spacial score (nSPS) is 21.2. The topological polar surface area (TPSA) is 62.1 Å². The number of quaternary nitrogens is 1. The molecule has 1 fully saturated rings. The van der Waals surface area contributed by atoms with E-state index in [2.05, 4.69) is 6.92 Å². The summed E-state index contributed by atoms with van der Waals surface area (Å²) >= 11 is 0. The van der Waals surface area contributed by atoms with Crippen molar-refractivity contribution >= 4 is 15.7 Å². The van der Waals surface area contributed by atoms with Crippen molar-refractivity contribution in [3.8, 4) is 0 Å². The molecule has 5 nitrogen and oxygen atoms in total. The van der Waals surface area contributed by atoms with Crippen molar-refractivity contribution in [2.45, 2.75) is 37.7 Å². The average molecular weight is 404 g/mol. The van der Waals surface area contributed by atoms with Gasteiger partial charge in [-0.2, -0.15) is 0 Å². The first-order valence-corrected chi connectivity index (χ1v) is 11.5. The van der Waals surface area contributed by atoms with E-state index >= 15 is 0 Å². The van der Waals surface area contributed by atoms with E-state index in [4.69, 9.17) is 0 Å². The second-order valence-electron chi connectivity index (χ2n) is 7.98. The summed E-state index contributed by atoms with van der Waals surface area (Å²) in [5.74, 6) is 0.739. The molecule has 2 aromatic carbocycles. The zero-order chi connectivity index (χ0) is 20.1. The van der Waals surface area contributed by atoms with Crippen molar-refractivity contribution in [1.29, 1.82) is 0 Å². The van der Waals surface area contributed by atoms with Crippen molar-refractivity contribution in [1.82, 2.24) is 0 Å². The third kappa shape index (κ3) is 5.13. The standard InChI is InChI=1S/C22H30N2O3S/c1-18-8-10-20(11-9-18)24(28(26,27)22-6-4-3-5-7-22)17-21(25)16-23-14-12-19(2)13-15-23/h3-11,19,21,25H,12-17H2,1-2H3/p+1/t21-/m0/s1. The Balaban J connectivity index is 1.81. The van der Waals surface area contributed by atoms with Crippen LogP contribution in [0, 0.1) is 12.8 Å². The summed E-state index contributed by atoms with van der Waals surface area (Å²) < 4.78 is 27.9. The molecule has 2 N–H and O–H groups in total. The molecule has 0 spiro atoms. The van der Waals surface area contributed by atoms with Gasteiger partial charge in [0, 0.05) is 0 Å². The fourth-order valence-corrected chi connectivity index (χ4v) is 5.26. The number of aryl methyl sites for hydroxylation is 1. The highest BCUT2D eigenvalue weighted by molar-refractivity contribution is 7.92. The number of aliphatic hydroxyl groups excluding tert-OH is 1. The monoisotopic (exact) mass is 403 g/mol. The Morgan fingerprint density at radius 3 is 2.29 bits per heavy atom. The molecule has 0 bridgehead atoms. The van der Waals surface area contributed by atoms with Crippen molar-refractivity contribution in [2.75, 3.05) is 30.5 Å². The Morgan fingerprint density at radius 1 is 1.07 bits per heavy atom. The Labute approximate surface area is 168 Å². The number of hydrogen-bond acceptors (Lipinski definition) is 3. The van der Waals surface area contributed by atoms with Crippen molar-refractivity contribution in [2.24, 2.45) is 5.92 Å². The van der Waals surface area contributed by atoms with Crippen LogP contribution in [-0.4, -0.2) is 45.8 Å². The zero-order valence-electron chi connectivity index (χ0n) is 16.7. The summed E-state index contributed by atoms with van der Waals surface area (Å²) in [4.78, 5) is 1.59. The quantitative estimate of drug-likeness (QED) is 0.742. The molecule has 152 valence electrons. The van der Waals surface area contributed by atoms with E-state index in [1.165, 1.54) is 9.21 Å². The molecule has 1 saturated heterocycles. The minimum Gasteiger partial charge on any atom is -0.385 e. The number of sulfonamides is 1. The Hall–Kier alpha value is -1.89. The van der Waals surface area contributed by atoms with Crippen molar-refractivity contribution in [3.05, 3.63) is 60.2 Å². The van der Waals surface area contributed by atoms with Crippen LogP contribution in [0.15, 0.2) is 59.5 Å². The van der Waals surface area contributed by atoms with Gasteiger partial charge in [-0.15, -0.1) is 0 Å². The number of anilines is 1. The number of hydrogen-bond donors (Lipinski definition) is 2. The lowest BCUT2D eigenvalue weighted by Gasteiger charge is -2.31. The maximum atomic E-state index is 13.3. The predicted octanol–water partition coefficient (Wildman–Crippen LogP) is 1.87. The van der Waals surface area contributed by atoms with E-state index in [0.717, 1.165) is 37.4 Å². The minimum absolute atomic E-state index is 0.0549. The highest BCUT2D eigenvalue weighted by atomic mass is 32.2. The van der Waals surface area contributed by atoms with Crippen molar-refractivity contribution < 1.29 is 18.4 Å². The van der Waals surface area contributed by atoms with Crippen LogP contribution in [0.1, 0.15) is 25.3 Å². The zero-order valence-corrected chi connectivity index (χ0v) is 17.5. The van der Waals surface area contributed by atoms with Gasteiger partial charge in [-0.05, 0) is 49.9 Å². The highest BCUT2D eigenvalue weighted by Gasteiger charge is 2.29. The van der Waals surface area contributed by atoms with Crippen LogP contribution in [-0.2, 0) is 10.0 Å². The molecular weight excluding hydrogens is 372 g/mol. The third-order valence-corrected chi connectivity index (χ3v) is 7.34. The number of likely N-dealkylation sites (tertiary alicyclic amines) is 1. The van der Waals surface area contributed by atoms with Crippen molar-refractivity contribution in [3.63, 3.8) is 0 Å². The van der Waals surface area contributed by atoms with E-state index in [1.807, 2.05) is 19.1 Å². The number of aliphatic hydroxyl groups is 1. The van der Waals surface area contributed by atoms with Crippen LogP contribution in [0.25, 0.3) is 0 Å². The molecule has 0 aliphatic carbocycles. The molecule has 1 aliphatic rings. The van der Waals surface area contributed by atoms with Gasteiger partial charge in [0.25, 0.3) is 10.0 Å². The molecule has 1 heterocycles. The van der Waals surface area contributed by atoms with E-state index in [-0.39, 0.29) is 11.4 Å².